The van der Waals surface area contributed by atoms with Gasteiger partial charge < -0.3 is 0 Å². The molecule has 0 amide bonds. The molecule has 1 nitrogen and oxygen atoms in total. The number of ketones is 1. The summed E-state index contributed by atoms with van der Waals surface area (Å²) in [5.41, 5.74) is 0. The van der Waals surface area contributed by atoms with Gasteiger partial charge in [0.2, 0.25) is 0 Å². The summed E-state index contributed by atoms with van der Waals surface area (Å²) < 4.78 is 0. The van der Waals surface area contributed by atoms with Crippen LogP contribution in [0.2, 0.25) is 0 Å². The third kappa shape index (κ3) is 2.34. The van der Waals surface area contributed by atoms with E-state index in [1.165, 1.54) is 25.7 Å². The van der Waals surface area contributed by atoms with Crippen LogP contribution < -0.4 is 0 Å². The molecule has 0 radical (unpaired) electrons. The Morgan fingerprint density at radius 2 is 2.00 bits per heavy atom. The van der Waals surface area contributed by atoms with Crippen molar-refractivity contribution in [3.05, 3.63) is 12.2 Å². The van der Waals surface area contributed by atoms with E-state index in [-0.39, 0.29) is 5.78 Å². The molecule has 0 aliphatic heterocycles. The van der Waals surface area contributed by atoms with Crippen molar-refractivity contribution < 1.29 is 4.79 Å². The number of hydrogen-bond acceptors (Lipinski definition) is 1. The molecule has 0 aromatic rings. The van der Waals surface area contributed by atoms with Gasteiger partial charge in [-0.15, -0.1) is 0 Å². The molecule has 1 rings (SSSR count). The van der Waals surface area contributed by atoms with Gasteiger partial charge in [-0.1, -0.05) is 18.9 Å². The molecule has 0 heterocycles. The van der Waals surface area contributed by atoms with E-state index in [1.807, 2.05) is 0 Å². The van der Waals surface area contributed by atoms with Crippen LogP contribution in [0.5, 0.6) is 0 Å². The minimum atomic E-state index is 0.173. The SMILES string of the molecule is CC(=O)/C=C\C1CCCC1. The van der Waals surface area contributed by atoms with Crippen LogP contribution in [0.4, 0.5) is 0 Å². The predicted molar refractivity (Wildman–Crippen MR) is 41.8 cm³/mol. The van der Waals surface area contributed by atoms with Crippen molar-refractivity contribution >= 4 is 5.78 Å². The van der Waals surface area contributed by atoms with Gasteiger partial charge in [0.05, 0.1) is 0 Å². The lowest BCUT2D eigenvalue weighted by molar-refractivity contribution is -0.112. The van der Waals surface area contributed by atoms with E-state index in [0.29, 0.717) is 5.92 Å². The molecule has 1 saturated carbocycles. The third-order valence-corrected chi connectivity index (χ3v) is 2.00. The Bertz CT molecular complexity index is 141. The second-order valence-corrected chi connectivity index (χ2v) is 3.01. The fourth-order valence-electron chi connectivity index (χ4n) is 1.42. The second kappa shape index (κ2) is 3.55. The van der Waals surface area contributed by atoms with Gasteiger partial charge in [0.1, 0.15) is 0 Å². The largest absolute Gasteiger partial charge is 0.295 e. The van der Waals surface area contributed by atoms with E-state index in [1.54, 1.807) is 13.0 Å². The van der Waals surface area contributed by atoms with E-state index in [2.05, 4.69) is 6.08 Å². The van der Waals surface area contributed by atoms with Gasteiger partial charge in [0.15, 0.2) is 5.78 Å². The first-order chi connectivity index (χ1) is 4.79. The van der Waals surface area contributed by atoms with Crippen LogP contribution in [-0.2, 0) is 4.79 Å². The molecule has 1 fully saturated rings. The van der Waals surface area contributed by atoms with Gasteiger partial charge in [-0.05, 0) is 31.8 Å². The van der Waals surface area contributed by atoms with Crippen LogP contribution in [0, 0.1) is 5.92 Å². The summed E-state index contributed by atoms with van der Waals surface area (Å²) in [4.78, 5) is 10.5. The lowest BCUT2D eigenvalue weighted by atomic mass is 10.1. The van der Waals surface area contributed by atoms with Crippen LogP contribution in [0.15, 0.2) is 12.2 Å². The zero-order valence-electron chi connectivity index (χ0n) is 6.47. The topological polar surface area (TPSA) is 17.1 Å². The summed E-state index contributed by atoms with van der Waals surface area (Å²) in [5.74, 6) is 0.871. The fraction of sp³-hybridized carbons (Fsp3) is 0.667. The van der Waals surface area contributed by atoms with Crippen molar-refractivity contribution in [2.24, 2.45) is 5.92 Å². The molecule has 0 bridgehead atoms. The summed E-state index contributed by atoms with van der Waals surface area (Å²) in [6.45, 7) is 1.60. The molecule has 0 N–H and O–H groups in total. The molecular weight excluding hydrogens is 124 g/mol. The van der Waals surface area contributed by atoms with Crippen molar-refractivity contribution in [3.8, 4) is 0 Å². The zero-order valence-corrected chi connectivity index (χ0v) is 6.47. The van der Waals surface area contributed by atoms with E-state index in [0.717, 1.165) is 0 Å². The average Bonchev–Trinajstić information content (AvgIpc) is 2.34. The highest BCUT2D eigenvalue weighted by molar-refractivity contribution is 5.87. The highest BCUT2D eigenvalue weighted by Crippen LogP contribution is 2.25. The Balaban J connectivity index is 2.29. The summed E-state index contributed by atoms with van der Waals surface area (Å²) in [6.07, 6.45) is 9.01. The molecule has 0 saturated heterocycles. The van der Waals surface area contributed by atoms with Gasteiger partial charge in [-0.3, -0.25) is 4.79 Å². The number of hydrogen-bond donors (Lipinski definition) is 0. The predicted octanol–water partition coefficient (Wildman–Crippen LogP) is 2.32. The van der Waals surface area contributed by atoms with Gasteiger partial charge in [0.25, 0.3) is 0 Å². The second-order valence-electron chi connectivity index (χ2n) is 3.01. The first-order valence-corrected chi connectivity index (χ1v) is 3.98. The minimum absolute atomic E-state index is 0.173. The number of carbonyl (C=O) groups excluding carboxylic acids is 1. The Morgan fingerprint density at radius 1 is 1.40 bits per heavy atom. The number of rotatable bonds is 2. The van der Waals surface area contributed by atoms with E-state index >= 15 is 0 Å². The van der Waals surface area contributed by atoms with Gasteiger partial charge in [0, 0.05) is 0 Å². The van der Waals surface area contributed by atoms with Crippen LogP contribution in [0.25, 0.3) is 0 Å². The maximum atomic E-state index is 10.5. The monoisotopic (exact) mass is 138 g/mol. The highest BCUT2D eigenvalue weighted by atomic mass is 16.1. The lowest BCUT2D eigenvalue weighted by Gasteiger charge is -1.97. The summed E-state index contributed by atoms with van der Waals surface area (Å²) in [6, 6.07) is 0. The zero-order chi connectivity index (χ0) is 7.40. The minimum Gasteiger partial charge on any atom is -0.295 e. The average molecular weight is 138 g/mol. The molecule has 1 heteroatoms. The van der Waals surface area contributed by atoms with Crippen LogP contribution >= 0.6 is 0 Å². The smallest absolute Gasteiger partial charge is 0.152 e. The Morgan fingerprint density at radius 3 is 2.50 bits per heavy atom. The molecule has 1 aliphatic rings. The number of allylic oxidation sites excluding steroid dienone is 2. The maximum absolute atomic E-state index is 10.5. The highest BCUT2D eigenvalue weighted by Gasteiger charge is 2.10. The van der Waals surface area contributed by atoms with Crippen molar-refractivity contribution in [1.82, 2.24) is 0 Å². The fourth-order valence-corrected chi connectivity index (χ4v) is 1.42. The van der Waals surface area contributed by atoms with Gasteiger partial charge in [-0.2, -0.15) is 0 Å². The van der Waals surface area contributed by atoms with Crippen molar-refractivity contribution in [2.75, 3.05) is 0 Å². The summed E-state index contributed by atoms with van der Waals surface area (Å²) in [7, 11) is 0. The molecule has 0 unspecified atom stereocenters. The van der Waals surface area contributed by atoms with Gasteiger partial charge >= 0.3 is 0 Å². The molecule has 56 valence electrons. The van der Waals surface area contributed by atoms with Crippen LogP contribution in [0.3, 0.4) is 0 Å². The molecule has 0 aromatic heterocycles. The van der Waals surface area contributed by atoms with Crippen LogP contribution in [0.1, 0.15) is 32.6 Å². The standard InChI is InChI=1S/C9H14O/c1-8(10)6-7-9-4-2-3-5-9/h6-7,9H,2-5H2,1H3/b7-6-. The van der Waals surface area contributed by atoms with Crippen molar-refractivity contribution in [3.63, 3.8) is 0 Å². The van der Waals surface area contributed by atoms with Crippen molar-refractivity contribution in [2.45, 2.75) is 32.6 Å². The Kier molecular flexibility index (Phi) is 2.67. The van der Waals surface area contributed by atoms with E-state index in [4.69, 9.17) is 0 Å². The summed E-state index contributed by atoms with van der Waals surface area (Å²) in [5, 5.41) is 0. The first-order valence-electron chi connectivity index (χ1n) is 3.98. The van der Waals surface area contributed by atoms with Crippen LogP contribution in [-0.4, -0.2) is 5.78 Å². The summed E-state index contributed by atoms with van der Waals surface area (Å²) >= 11 is 0. The lowest BCUT2D eigenvalue weighted by Crippen LogP contribution is -1.88. The third-order valence-electron chi connectivity index (χ3n) is 2.00. The molecule has 1 aliphatic carbocycles. The van der Waals surface area contributed by atoms with E-state index in [9.17, 15) is 4.79 Å². The first kappa shape index (κ1) is 7.52. The quantitative estimate of drug-likeness (QED) is 0.535. The van der Waals surface area contributed by atoms with Crippen molar-refractivity contribution in [1.29, 1.82) is 0 Å². The molecular formula is C9H14O. The molecule has 0 aromatic carbocycles. The maximum Gasteiger partial charge on any atom is 0.152 e. The van der Waals surface area contributed by atoms with Gasteiger partial charge in [-0.25, -0.2) is 0 Å². The Labute approximate surface area is 62.1 Å². The molecule has 10 heavy (non-hydrogen) atoms. The molecule has 0 atom stereocenters. The Hall–Kier alpha value is -0.590. The molecule has 0 spiro atoms. The normalized spacial score (nSPS) is 20.5. The number of carbonyl (C=O) groups is 1. The van der Waals surface area contributed by atoms with E-state index < -0.39 is 0 Å².